The SMILES string of the molecule is Cc1ccc(N2C(=O)c3oc4ccc(F)cc4c(=O)c3C2c2cccc([N+](=O)[O-])c2)cc1. The van der Waals surface area contributed by atoms with Crippen molar-refractivity contribution in [1.82, 2.24) is 0 Å². The number of rotatable bonds is 3. The summed E-state index contributed by atoms with van der Waals surface area (Å²) in [6, 6.07) is 15.4. The molecular weight excluding hydrogens is 415 g/mol. The third-order valence-corrected chi connectivity index (χ3v) is 5.54. The molecule has 1 amide bonds. The van der Waals surface area contributed by atoms with Crippen molar-refractivity contribution in [3.63, 3.8) is 0 Å². The second-order valence-electron chi connectivity index (χ2n) is 7.58. The first-order chi connectivity index (χ1) is 15.3. The standard InChI is InChI=1S/C24H15FN2O5/c1-13-5-8-16(9-6-13)26-21(14-3-2-4-17(11-14)27(30)31)20-22(28)18-12-15(25)7-10-19(18)32-23(20)24(26)29/h2-12,21H,1H3. The van der Waals surface area contributed by atoms with Crippen LogP contribution in [-0.4, -0.2) is 10.8 Å². The van der Waals surface area contributed by atoms with Gasteiger partial charge in [0.25, 0.3) is 11.6 Å². The van der Waals surface area contributed by atoms with Crippen LogP contribution in [0, 0.1) is 22.9 Å². The van der Waals surface area contributed by atoms with E-state index in [0.29, 0.717) is 11.3 Å². The molecule has 0 saturated carbocycles. The molecule has 8 heteroatoms. The van der Waals surface area contributed by atoms with Gasteiger partial charge in [0.1, 0.15) is 11.4 Å². The van der Waals surface area contributed by atoms with Crippen LogP contribution in [0.1, 0.15) is 33.3 Å². The quantitative estimate of drug-likeness (QED) is 0.340. The Hall–Kier alpha value is -4.33. The largest absolute Gasteiger partial charge is 0.450 e. The number of nitro benzene ring substituents is 1. The van der Waals surface area contributed by atoms with Crippen LogP contribution in [-0.2, 0) is 0 Å². The highest BCUT2D eigenvalue weighted by atomic mass is 19.1. The number of hydrogen-bond acceptors (Lipinski definition) is 5. The second kappa shape index (κ2) is 7.12. The molecule has 7 nitrogen and oxygen atoms in total. The summed E-state index contributed by atoms with van der Waals surface area (Å²) in [6.45, 7) is 1.90. The minimum atomic E-state index is -0.968. The zero-order chi connectivity index (χ0) is 22.6. The monoisotopic (exact) mass is 430 g/mol. The molecule has 1 unspecified atom stereocenters. The average Bonchev–Trinajstić information content (AvgIpc) is 3.07. The highest BCUT2D eigenvalue weighted by Crippen LogP contribution is 2.41. The first-order valence-corrected chi connectivity index (χ1v) is 9.76. The Bertz CT molecular complexity index is 1480. The fourth-order valence-electron chi connectivity index (χ4n) is 4.04. The third-order valence-electron chi connectivity index (χ3n) is 5.54. The molecule has 4 aromatic rings. The zero-order valence-electron chi connectivity index (χ0n) is 16.7. The highest BCUT2D eigenvalue weighted by molar-refractivity contribution is 6.10. The molecule has 5 rings (SSSR count). The molecule has 1 aliphatic heterocycles. The van der Waals surface area contributed by atoms with Gasteiger partial charge < -0.3 is 4.42 Å². The van der Waals surface area contributed by atoms with E-state index < -0.39 is 28.1 Å². The van der Waals surface area contributed by atoms with Crippen LogP contribution in [0.15, 0.2) is 75.9 Å². The van der Waals surface area contributed by atoms with Gasteiger partial charge in [-0.1, -0.05) is 29.8 Å². The number of halogens is 1. The minimum Gasteiger partial charge on any atom is -0.450 e. The molecule has 0 spiro atoms. The molecule has 1 atom stereocenters. The van der Waals surface area contributed by atoms with Crippen LogP contribution in [0.3, 0.4) is 0 Å². The van der Waals surface area contributed by atoms with Gasteiger partial charge >= 0.3 is 0 Å². The Morgan fingerprint density at radius 1 is 1.03 bits per heavy atom. The van der Waals surface area contributed by atoms with E-state index in [4.69, 9.17) is 4.42 Å². The van der Waals surface area contributed by atoms with Crippen LogP contribution in [0.4, 0.5) is 15.8 Å². The Morgan fingerprint density at radius 3 is 2.50 bits per heavy atom. The number of non-ortho nitro benzene ring substituents is 1. The van der Waals surface area contributed by atoms with E-state index in [1.54, 1.807) is 18.2 Å². The molecule has 0 aliphatic carbocycles. The van der Waals surface area contributed by atoms with E-state index in [0.717, 1.165) is 17.7 Å². The predicted molar refractivity (Wildman–Crippen MR) is 115 cm³/mol. The van der Waals surface area contributed by atoms with Crippen molar-refractivity contribution >= 4 is 28.3 Å². The van der Waals surface area contributed by atoms with Gasteiger partial charge in [-0.3, -0.25) is 24.6 Å². The smallest absolute Gasteiger partial charge is 0.295 e. The van der Waals surface area contributed by atoms with Gasteiger partial charge in [-0.2, -0.15) is 0 Å². The van der Waals surface area contributed by atoms with Crippen LogP contribution >= 0.6 is 0 Å². The predicted octanol–water partition coefficient (Wildman–Crippen LogP) is 4.90. The topological polar surface area (TPSA) is 93.7 Å². The molecule has 3 aromatic carbocycles. The maximum atomic E-state index is 13.9. The number of fused-ring (bicyclic) bond motifs is 2. The van der Waals surface area contributed by atoms with Crippen LogP contribution in [0.5, 0.6) is 0 Å². The normalized spacial score (nSPS) is 15.2. The van der Waals surface area contributed by atoms with E-state index in [-0.39, 0.29) is 28.0 Å². The summed E-state index contributed by atoms with van der Waals surface area (Å²) >= 11 is 0. The average molecular weight is 430 g/mol. The maximum Gasteiger partial charge on any atom is 0.295 e. The molecule has 0 fully saturated rings. The Balaban J connectivity index is 1.82. The van der Waals surface area contributed by atoms with Gasteiger partial charge in [0.2, 0.25) is 5.76 Å². The number of nitrogens with zero attached hydrogens (tertiary/aromatic N) is 2. The third kappa shape index (κ3) is 2.96. The molecule has 32 heavy (non-hydrogen) atoms. The number of benzene rings is 3. The summed E-state index contributed by atoms with van der Waals surface area (Å²) in [5.74, 6) is -1.33. The van der Waals surface area contributed by atoms with Crippen LogP contribution in [0.2, 0.25) is 0 Å². The van der Waals surface area contributed by atoms with Crippen LogP contribution in [0.25, 0.3) is 11.0 Å². The fraction of sp³-hybridized carbons (Fsp3) is 0.0833. The summed E-state index contributed by atoms with van der Waals surface area (Å²) in [5.41, 5.74) is 1.22. The van der Waals surface area contributed by atoms with Crippen molar-refractivity contribution < 1.29 is 18.5 Å². The van der Waals surface area contributed by atoms with Crippen molar-refractivity contribution in [2.45, 2.75) is 13.0 Å². The number of hydrogen-bond donors (Lipinski definition) is 0. The molecule has 0 radical (unpaired) electrons. The molecule has 0 saturated heterocycles. The van der Waals surface area contributed by atoms with Crippen molar-refractivity contribution in [2.75, 3.05) is 4.90 Å². The van der Waals surface area contributed by atoms with Crippen molar-refractivity contribution in [3.8, 4) is 0 Å². The summed E-state index contributed by atoms with van der Waals surface area (Å²) in [5, 5.41) is 11.3. The van der Waals surface area contributed by atoms with Gasteiger partial charge in [-0.15, -0.1) is 0 Å². The lowest BCUT2D eigenvalue weighted by molar-refractivity contribution is -0.384. The van der Waals surface area contributed by atoms with E-state index in [1.165, 1.54) is 29.2 Å². The van der Waals surface area contributed by atoms with E-state index in [9.17, 15) is 24.1 Å². The molecule has 1 aromatic heterocycles. The van der Waals surface area contributed by atoms with E-state index >= 15 is 0 Å². The molecule has 158 valence electrons. The summed E-state index contributed by atoms with van der Waals surface area (Å²) in [6.07, 6.45) is 0. The maximum absolute atomic E-state index is 13.9. The molecule has 2 heterocycles. The van der Waals surface area contributed by atoms with Gasteiger partial charge in [0.15, 0.2) is 5.43 Å². The first-order valence-electron chi connectivity index (χ1n) is 9.76. The first kappa shape index (κ1) is 19.6. The lowest BCUT2D eigenvalue weighted by Crippen LogP contribution is -2.29. The second-order valence-corrected chi connectivity index (χ2v) is 7.58. The Kier molecular flexibility index (Phi) is 4.37. The number of carbonyl (C=O) groups is 1. The minimum absolute atomic E-state index is 0.00210. The van der Waals surface area contributed by atoms with Crippen molar-refractivity contribution in [2.24, 2.45) is 0 Å². The number of aryl methyl sites for hydroxylation is 1. The molecule has 1 aliphatic rings. The Morgan fingerprint density at radius 2 is 1.78 bits per heavy atom. The number of nitro groups is 1. The van der Waals surface area contributed by atoms with Gasteiger partial charge in [-0.25, -0.2) is 4.39 Å². The lowest BCUT2D eigenvalue weighted by atomic mass is 9.97. The van der Waals surface area contributed by atoms with Gasteiger partial charge in [-0.05, 0) is 42.8 Å². The Labute approximate surface area is 180 Å². The lowest BCUT2D eigenvalue weighted by Gasteiger charge is -2.25. The zero-order valence-corrected chi connectivity index (χ0v) is 16.7. The van der Waals surface area contributed by atoms with Crippen molar-refractivity contribution in [3.05, 3.63) is 115 Å². The molecular formula is C24H15FN2O5. The van der Waals surface area contributed by atoms with Gasteiger partial charge in [0.05, 0.1) is 21.9 Å². The number of carbonyl (C=O) groups excluding carboxylic acids is 1. The van der Waals surface area contributed by atoms with E-state index in [2.05, 4.69) is 0 Å². The van der Waals surface area contributed by atoms with Gasteiger partial charge in [0, 0.05) is 17.8 Å². The number of amides is 1. The summed E-state index contributed by atoms with van der Waals surface area (Å²) in [4.78, 5) is 39.0. The number of anilines is 1. The highest BCUT2D eigenvalue weighted by Gasteiger charge is 2.44. The van der Waals surface area contributed by atoms with E-state index in [1.807, 2.05) is 19.1 Å². The van der Waals surface area contributed by atoms with Crippen LogP contribution < -0.4 is 10.3 Å². The summed E-state index contributed by atoms with van der Waals surface area (Å²) < 4.78 is 19.6. The van der Waals surface area contributed by atoms with Crippen molar-refractivity contribution in [1.29, 1.82) is 0 Å². The molecule has 0 N–H and O–H groups in total. The molecule has 0 bridgehead atoms. The summed E-state index contributed by atoms with van der Waals surface area (Å²) in [7, 11) is 0. The fourth-order valence-corrected chi connectivity index (χ4v) is 4.04.